The Morgan fingerprint density at radius 3 is 2.58 bits per heavy atom. The number of guanidine groups is 1. The Balaban J connectivity index is 0.00000338. The molecule has 2 aliphatic rings. The number of aliphatic imine (C=N–C) groups is 1. The average Bonchev–Trinajstić information content (AvgIpc) is 2.64. The number of rotatable bonds is 6. The van der Waals surface area contributed by atoms with E-state index in [0.717, 1.165) is 51.5 Å². The van der Waals surface area contributed by atoms with Crippen LogP contribution in [0.1, 0.15) is 38.5 Å². The monoisotopic (exact) mass is 482 g/mol. The maximum atomic E-state index is 11.6. The second-order valence-corrected chi connectivity index (χ2v) is 7.02. The third kappa shape index (κ3) is 7.96. The molecule has 1 unspecified atom stereocenters. The van der Waals surface area contributed by atoms with Gasteiger partial charge in [0.25, 0.3) is 0 Å². The lowest BCUT2D eigenvalue weighted by Gasteiger charge is -2.35. The molecule has 2 aliphatic heterocycles. The molecule has 8 heteroatoms. The number of carbonyl (C=O) groups excluding carboxylic acids is 1. The van der Waals surface area contributed by atoms with Gasteiger partial charge in [-0.05, 0) is 32.1 Å². The molecular formula is C18H35IN4O3. The van der Waals surface area contributed by atoms with E-state index in [0.29, 0.717) is 19.1 Å². The van der Waals surface area contributed by atoms with Crippen LogP contribution in [0.4, 0.5) is 0 Å². The van der Waals surface area contributed by atoms with E-state index >= 15 is 0 Å². The van der Waals surface area contributed by atoms with Gasteiger partial charge >= 0.3 is 0 Å². The minimum absolute atomic E-state index is 0. The number of hydrogen-bond donors (Lipinski definition) is 1. The maximum absolute atomic E-state index is 11.6. The molecule has 7 nitrogen and oxygen atoms in total. The summed E-state index contributed by atoms with van der Waals surface area (Å²) < 4.78 is 11.8. The Hall–Kier alpha value is -0.610. The van der Waals surface area contributed by atoms with Crippen LogP contribution in [0.5, 0.6) is 0 Å². The minimum Gasteiger partial charge on any atom is -0.376 e. The molecule has 1 atom stereocenters. The first-order valence-electron chi connectivity index (χ1n) is 9.49. The summed E-state index contributed by atoms with van der Waals surface area (Å²) in [6, 6.07) is 0. The summed E-state index contributed by atoms with van der Waals surface area (Å²) in [6.07, 6.45) is 6.65. The summed E-state index contributed by atoms with van der Waals surface area (Å²) in [7, 11) is 5.35. The molecule has 0 aromatic heterocycles. The number of likely N-dealkylation sites (tertiary alicyclic amines) is 1. The molecular weight excluding hydrogens is 447 g/mol. The van der Waals surface area contributed by atoms with Gasteiger partial charge in [0.2, 0.25) is 5.91 Å². The van der Waals surface area contributed by atoms with Crippen molar-refractivity contribution in [1.29, 1.82) is 0 Å². The zero-order chi connectivity index (χ0) is 18.1. The smallest absolute Gasteiger partial charge is 0.223 e. The van der Waals surface area contributed by atoms with E-state index in [9.17, 15) is 4.79 Å². The summed E-state index contributed by atoms with van der Waals surface area (Å²) in [4.78, 5) is 19.8. The van der Waals surface area contributed by atoms with Gasteiger partial charge in [0, 0.05) is 53.8 Å². The van der Waals surface area contributed by atoms with Crippen LogP contribution in [0.3, 0.4) is 0 Å². The predicted molar refractivity (Wildman–Crippen MR) is 114 cm³/mol. The lowest BCUT2D eigenvalue weighted by molar-refractivity contribution is -0.128. The molecule has 0 spiro atoms. The molecule has 0 aromatic rings. The van der Waals surface area contributed by atoms with Crippen LogP contribution in [0.15, 0.2) is 4.99 Å². The normalized spacial score (nSPS) is 21.9. The van der Waals surface area contributed by atoms with Gasteiger partial charge in [-0.3, -0.25) is 9.79 Å². The van der Waals surface area contributed by atoms with E-state index in [2.05, 4.69) is 15.2 Å². The Labute approximate surface area is 174 Å². The summed E-state index contributed by atoms with van der Waals surface area (Å²) in [5.74, 6) is 1.00. The van der Waals surface area contributed by atoms with Gasteiger partial charge in [-0.15, -0.1) is 24.0 Å². The second kappa shape index (κ2) is 12.7. The van der Waals surface area contributed by atoms with Gasteiger partial charge in [-0.25, -0.2) is 0 Å². The zero-order valence-electron chi connectivity index (χ0n) is 16.4. The van der Waals surface area contributed by atoms with Gasteiger partial charge in [0.1, 0.15) is 0 Å². The van der Waals surface area contributed by atoms with Crippen LogP contribution in [-0.4, -0.2) is 87.9 Å². The fourth-order valence-electron chi connectivity index (χ4n) is 3.25. The number of piperidine rings is 1. The van der Waals surface area contributed by atoms with Crippen LogP contribution < -0.4 is 5.32 Å². The summed E-state index contributed by atoms with van der Waals surface area (Å²) >= 11 is 0. The number of nitrogens with zero attached hydrogens (tertiary/aromatic N) is 3. The molecule has 152 valence electrons. The fraction of sp³-hybridized carbons (Fsp3) is 0.889. The summed E-state index contributed by atoms with van der Waals surface area (Å²) in [5, 5.41) is 3.29. The first-order valence-corrected chi connectivity index (χ1v) is 9.49. The van der Waals surface area contributed by atoms with Crippen molar-refractivity contribution in [1.82, 2.24) is 15.1 Å². The van der Waals surface area contributed by atoms with Crippen molar-refractivity contribution in [3.63, 3.8) is 0 Å². The molecule has 0 saturated carbocycles. The van der Waals surface area contributed by atoms with Crippen LogP contribution in [0, 0.1) is 0 Å². The molecule has 0 bridgehead atoms. The first kappa shape index (κ1) is 23.4. The standard InChI is InChI=1S/C18H34N4O3.HI/c1-19-18(20-10-7-17(23)21(2)3)22-11-8-15(9-12-22)25-14-16-6-4-5-13-24-16;/h15-16H,4-14H2,1-3H3,(H,19,20);1H. The van der Waals surface area contributed by atoms with E-state index in [1.165, 1.54) is 12.8 Å². The molecule has 0 radical (unpaired) electrons. The summed E-state index contributed by atoms with van der Waals surface area (Å²) in [5.41, 5.74) is 0. The van der Waals surface area contributed by atoms with Crippen LogP contribution in [0.25, 0.3) is 0 Å². The highest BCUT2D eigenvalue weighted by molar-refractivity contribution is 14.0. The molecule has 2 heterocycles. The molecule has 2 saturated heterocycles. The average molecular weight is 482 g/mol. The number of nitrogens with one attached hydrogen (secondary N) is 1. The van der Waals surface area contributed by atoms with Crippen molar-refractivity contribution < 1.29 is 14.3 Å². The Morgan fingerprint density at radius 2 is 2.00 bits per heavy atom. The third-order valence-electron chi connectivity index (χ3n) is 4.87. The van der Waals surface area contributed by atoms with Crippen molar-refractivity contribution in [2.45, 2.75) is 50.7 Å². The quantitative estimate of drug-likeness (QED) is 0.355. The summed E-state index contributed by atoms with van der Waals surface area (Å²) in [6.45, 7) is 4.07. The fourth-order valence-corrected chi connectivity index (χ4v) is 3.25. The van der Waals surface area contributed by atoms with E-state index in [4.69, 9.17) is 9.47 Å². The number of hydrogen-bond acceptors (Lipinski definition) is 4. The van der Waals surface area contributed by atoms with Crippen LogP contribution >= 0.6 is 24.0 Å². The van der Waals surface area contributed by atoms with E-state index in [1.807, 2.05) is 0 Å². The molecule has 1 amide bonds. The zero-order valence-corrected chi connectivity index (χ0v) is 18.7. The maximum Gasteiger partial charge on any atom is 0.223 e. The van der Waals surface area contributed by atoms with Crippen LogP contribution in [0.2, 0.25) is 0 Å². The Kier molecular flexibility index (Phi) is 11.5. The van der Waals surface area contributed by atoms with Crippen molar-refractivity contribution in [3.05, 3.63) is 0 Å². The second-order valence-electron chi connectivity index (χ2n) is 7.02. The number of amides is 1. The van der Waals surface area contributed by atoms with Crippen molar-refractivity contribution in [3.8, 4) is 0 Å². The SMILES string of the molecule is CN=C(NCCC(=O)N(C)C)N1CCC(OCC2CCCCO2)CC1.I. The topological polar surface area (TPSA) is 66.4 Å². The van der Waals surface area contributed by atoms with Crippen molar-refractivity contribution >= 4 is 35.8 Å². The number of halogens is 1. The molecule has 26 heavy (non-hydrogen) atoms. The van der Waals surface area contributed by atoms with Crippen LogP contribution in [-0.2, 0) is 14.3 Å². The van der Waals surface area contributed by atoms with Crippen molar-refractivity contribution in [2.75, 3.05) is 54.0 Å². The Morgan fingerprint density at radius 1 is 1.27 bits per heavy atom. The predicted octanol–water partition coefficient (Wildman–Crippen LogP) is 1.71. The van der Waals surface area contributed by atoms with Crippen molar-refractivity contribution in [2.24, 2.45) is 4.99 Å². The molecule has 2 fully saturated rings. The highest BCUT2D eigenvalue weighted by atomic mass is 127. The van der Waals surface area contributed by atoms with E-state index in [-0.39, 0.29) is 36.0 Å². The first-order chi connectivity index (χ1) is 12.1. The lowest BCUT2D eigenvalue weighted by atomic mass is 10.1. The Bertz CT molecular complexity index is 434. The number of ether oxygens (including phenoxy) is 2. The largest absolute Gasteiger partial charge is 0.376 e. The lowest BCUT2D eigenvalue weighted by Crippen LogP contribution is -2.47. The molecule has 2 rings (SSSR count). The van der Waals surface area contributed by atoms with Gasteiger partial charge in [-0.2, -0.15) is 0 Å². The number of carbonyl (C=O) groups is 1. The van der Waals surface area contributed by atoms with Gasteiger partial charge in [0.15, 0.2) is 5.96 Å². The highest BCUT2D eigenvalue weighted by Gasteiger charge is 2.23. The van der Waals surface area contributed by atoms with E-state index < -0.39 is 0 Å². The molecule has 0 aromatic carbocycles. The molecule has 1 N–H and O–H groups in total. The van der Waals surface area contributed by atoms with Gasteiger partial charge in [0.05, 0.1) is 18.8 Å². The van der Waals surface area contributed by atoms with Gasteiger partial charge in [-0.1, -0.05) is 0 Å². The van der Waals surface area contributed by atoms with Gasteiger partial charge < -0.3 is 24.6 Å². The third-order valence-corrected chi connectivity index (χ3v) is 4.87. The van der Waals surface area contributed by atoms with E-state index in [1.54, 1.807) is 26.0 Å². The molecule has 0 aliphatic carbocycles. The highest BCUT2D eigenvalue weighted by Crippen LogP contribution is 2.17. The minimum atomic E-state index is 0.